The molecule has 5 aromatic rings. The van der Waals surface area contributed by atoms with E-state index in [0.717, 1.165) is 11.3 Å². The molecule has 5 rings (SSSR count). The maximum atomic E-state index is 13.9. The molecule has 2 heterocycles. The number of pyridine rings is 1. The van der Waals surface area contributed by atoms with Crippen LogP contribution in [0.4, 0.5) is 10.1 Å². The van der Waals surface area contributed by atoms with Crippen LogP contribution >= 0.6 is 0 Å². The van der Waals surface area contributed by atoms with Crippen LogP contribution in [-0.4, -0.2) is 20.7 Å². The zero-order chi connectivity index (χ0) is 25.2. The molecule has 3 aromatic carbocycles. The number of para-hydroxylation sites is 1. The third-order valence-electron chi connectivity index (χ3n) is 6.12. The standard InChI is InChI=1S/C29H22FN5O/c1-18-28(19(2)35(34-18)17-21-12-10-20(16-31)11-13-21)33-29(36)25-15-27(22-6-5-7-23(30)14-22)32-26-9-4-3-8-24(25)26/h3-15H,17H2,1-2H3,(H,33,36). The van der Waals surface area contributed by atoms with Crippen LogP contribution in [0.3, 0.4) is 0 Å². The van der Waals surface area contributed by atoms with E-state index in [1.165, 1.54) is 12.1 Å². The molecule has 1 N–H and O–H groups in total. The SMILES string of the molecule is Cc1nn(Cc2ccc(C#N)cc2)c(C)c1NC(=O)c1cc(-c2cccc(F)c2)nc2ccccc12. The van der Waals surface area contributed by atoms with E-state index in [9.17, 15) is 9.18 Å². The molecule has 6 nitrogen and oxygen atoms in total. The van der Waals surface area contributed by atoms with Crippen molar-refractivity contribution >= 4 is 22.5 Å². The molecule has 1 amide bonds. The molecule has 0 fully saturated rings. The summed E-state index contributed by atoms with van der Waals surface area (Å²) in [4.78, 5) is 18.2. The van der Waals surface area contributed by atoms with Crippen LogP contribution < -0.4 is 5.32 Å². The summed E-state index contributed by atoms with van der Waals surface area (Å²) < 4.78 is 15.7. The summed E-state index contributed by atoms with van der Waals surface area (Å²) in [6.45, 7) is 4.26. The van der Waals surface area contributed by atoms with Gasteiger partial charge in [0.15, 0.2) is 0 Å². The van der Waals surface area contributed by atoms with Crippen LogP contribution in [0.2, 0.25) is 0 Å². The average molecular weight is 476 g/mol. The Balaban J connectivity index is 1.49. The molecule has 0 saturated carbocycles. The van der Waals surface area contributed by atoms with Crippen molar-refractivity contribution in [2.24, 2.45) is 0 Å². The van der Waals surface area contributed by atoms with Gasteiger partial charge in [0.2, 0.25) is 0 Å². The highest BCUT2D eigenvalue weighted by atomic mass is 19.1. The van der Waals surface area contributed by atoms with Gasteiger partial charge in [-0.2, -0.15) is 10.4 Å². The Labute approximate surface area is 207 Å². The molecule has 176 valence electrons. The van der Waals surface area contributed by atoms with Gasteiger partial charge in [-0.3, -0.25) is 9.48 Å². The number of rotatable bonds is 5. The molecule has 0 spiro atoms. The molecule has 0 aliphatic rings. The zero-order valence-corrected chi connectivity index (χ0v) is 19.8. The van der Waals surface area contributed by atoms with Gasteiger partial charge < -0.3 is 5.32 Å². The lowest BCUT2D eigenvalue weighted by molar-refractivity contribution is 0.102. The predicted molar refractivity (Wildman–Crippen MR) is 137 cm³/mol. The number of carbonyl (C=O) groups is 1. The van der Waals surface area contributed by atoms with Crippen LogP contribution in [0.1, 0.15) is 32.9 Å². The van der Waals surface area contributed by atoms with Crippen molar-refractivity contribution in [3.05, 3.63) is 113 Å². The highest BCUT2D eigenvalue weighted by molar-refractivity contribution is 6.13. The summed E-state index contributed by atoms with van der Waals surface area (Å²) in [5, 5.41) is 17.4. The summed E-state index contributed by atoms with van der Waals surface area (Å²) in [6, 6.07) is 24.7. The van der Waals surface area contributed by atoms with Gasteiger partial charge in [0, 0.05) is 10.9 Å². The Morgan fingerprint density at radius 1 is 1.03 bits per heavy atom. The van der Waals surface area contributed by atoms with Gasteiger partial charge in [0.1, 0.15) is 5.82 Å². The van der Waals surface area contributed by atoms with Gasteiger partial charge in [-0.15, -0.1) is 0 Å². The fraction of sp³-hybridized carbons (Fsp3) is 0.103. The second-order valence-corrected chi connectivity index (χ2v) is 8.55. The molecular formula is C29H22FN5O. The van der Waals surface area contributed by atoms with Gasteiger partial charge >= 0.3 is 0 Å². The van der Waals surface area contributed by atoms with Crippen molar-refractivity contribution in [2.75, 3.05) is 5.32 Å². The fourth-order valence-corrected chi connectivity index (χ4v) is 4.23. The number of hydrogen-bond acceptors (Lipinski definition) is 4. The van der Waals surface area contributed by atoms with Crippen molar-refractivity contribution in [1.82, 2.24) is 14.8 Å². The first-order valence-corrected chi connectivity index (χ1v) is 11.4. The Kier molecular flexibility index (Phi) is 6.01. The van der Waals surface area contributed by atoms with E-state index in [-0.39, 0.29) is 11.7 Å². The smallest absolute Gasteiger partial charge is 0.256 e. The first-order chi connectivity index (χ1) is 17.4. The van der Waals surface area contributed by atoms with Gasteiger partial charge in [-0.25, -0.2) is 9.37 Å². The second kappa shape index (κ2) is 9.43. The van der Waals surface area contributed by atoms with E-state index in [1.54, 1.807) is 30.3 Å². The molecule has 7 heteroatoms. The lowest BCUT2D eigenvalue weighted by Crippen LogP contribution is -2.14. The van der Waals surface area contributed by atoms with E-state index >= 15 is 0 Å². The van der Waals surface area contributed by atoms with Crippen molar-refractivity contribution in [1.29, 1.82) is 5.26 Å². The number of halogens is 1. The number of anilines is 1. The van der Waals surface area contributed by atoms with Crippen LogP contribution in [0.5, 0.6) is 0 Å². The van der Waals surface area contributed by atoms with E-state index in [4.69, 9.17) is 5.26 Å². The summed E-state index contributed by atoms with van der Waals surface area (Å²) in [7, 11) is 0. The number of carbonyl (C=O) groups excluding carboxylic acids is 1. The van der Waals surface area contributed by atoms with Crippen LogP contribution in [0, 0.1) is 31.0 Å². The van der Waals surface area contributed by atoms with Crippen molar-refractivity contribution < 1.29 is 9.18 Å². The molecule has 0 aliphatic carbocycles. The molecule has 0 unspecified atom stereocenters. The van der Waals surface area contributed by atoms with Crippen LogP contribution in [0.15, 0.2) is 78.9 Å². The summed E-state index contributed by atoms with van der Waals surface area (Å²) in [6.07, 6.45) is 0. The number of aryl methyl sites for hydroxylation is 1. The van der Waals surface area contributed by atoms with E-state index < -0.39 is 0 Å². The number of nitriles is 1. The van der Waals surface area contributed by atoms with Crippen molar-refractivity contribution in [2.45, 2.75) is 20.4 Å². The molecule has 0 atom stereocenters. The average Bonchev–Trinajstić information content (AvgIpc) is 3.15. The number of amides is 1. The largest absolute Gasteiger partial charge is 0.319 e. The molecule has 36 heavy (non-hydrogen) atoms. The highest BCUT2D eigenvalue weighted by Gasteiger charge is 2.19. The number of fused-ring (bicyclic) bond motifs is 1. The summed E-state index contributed by atoms with van der Waals surface area (Å²) in [5.74, 6) is -0.662. The fourth-order valence-electron chi connectivity index (χ4n) is 4.23. The first-order valence-electron chi connectivity index (χ1n) is 11.4. The van der Waals surface area contributed by atoms with Gasteiger partial charge in [0.25, 0.3) is 5.91 Å². The van der Waals surface area contributed by atoms with Gasteiger partial charge in [0.05, 0.1) is 52.0 Å². The molecule has 0 saturated heterocycles. The van der Waals surface area contributed by atoms with Crippen LogP contribution in [-0.2, 0) is 6.54 Å². The van der Waals surface area contributed by atoms with Crippen molar-refractivity contribution in [3.63, 3.8) is 0 Å². The number of nitrogens with one attached hydrogen (secondary N) is 1. The lowest BCUT2D eigenvalue weighted by Gasteiger charge is -2.11. The van der Waals surface area contributed by atoms with Crippen LogP contribution in [0.25, 0.3) is 22.2 Å². The topological polar surface area (TPSA) is 83.6 Å². The Morgan fingerprint density at radius 2 is 1.81 bits per heavy atom. The predicted octanol–water partition coefficient (Wildman–Crippen LogP) is 6.03. The maximum absolute atomic E-state index is 13.9. The lowest BCUT2D eigenvalue weighted by atomic mass is 10.0. The summed E-state index contributed by atoms with van der Waals surface area (Å²) >= 11 is 0. The number of aromatic nitrogens is 3. The number of benzene rings is 3. The minimum Gasteiger partial charge on any atom is -0.319 e. The number of hydrogen-bond donors (Lipinski definition) is 1. The monoisotopic (exact) mass is 475 g/mol. The van der Waals surface area contributed by atoms with Gasteiger partial charge in [-0.1, -0.05) is 42.5 Å². The Hall–Kier alpha value is -4.83. The maximum Gasteiger partial charge on any atom is 0.256 e. The van der Waals surface area contributed by atoms with Crippen molar-refractivity contribution in [3.8, 4) is 17.3 Å². The molecular weight excluding hydrogens is 453 g/mol. The molecule has 2 aromatic heterocycles. The highest BCUT2D eigenvalue weighted by Crippen LogP contribution is 2.27. The third-order valence-corrected chi connectivity index (χ3v) is 6.12. The summed E-state index contributed by atoms with van der Waals surface area (Å²) in [5.41, 5.74) is 5.95. The minimum atomic E-state index is -0.366. The normalized spacial score (nSPS) is 10.8. The molecule has 0 bridgehead atoms. The van der Waals surface area contributed by atoms with Gasteiger partial charge in [-0.05, 0) is 55.8 Å². The third kappa shape index (κ3) is 4.44. The second-order valence-electron chi connectivity index (χ2n) is 8.55. The Bertz CT molecular complexity index is 1650. The zero-order valence-electron chi connectivity index (χ0n) is 19.8. The number of nitrogens with zero attached hydrogens (tertiary/aromatic N) is 4. The first kappa shape index (κ1) is 22.9. The quantitative estimate of drug-likeness (QED) is 0.337. The minimum absolute atomic E-state index is 0.296. The van der Waals surface area contributed by atoms with E-state index in [1.807, 2.05) is 54.9 Å². The van der Waals surface area contributed by atoms with E-state index in [2.05, 4.69) is 21.5 Å². The molecule has 0 aliphatic heterocycles. The molecule has 0 radical (unpaired) electrons. The van der Waals surface area contributed by atoms with E-state index in [0.29, 0.717) is 51.2 Å². The Morgan fingerprint density at radius 3 is 2.56 bits per heavy atom.